The Morgan fingerprint density at radius 2 is 2.16 bits per heavy atom. The van der Waals surface area contributed by atoms with E-state index in [1.165, 1.54) is 0 Å². The highest BCUT2D eigenvalue weighted by atomic mass is 16.6. The van der Waals surface area contributed by atoms with Crippen LogP contribution in [0.15, 0.2) is 11.8 Å². The van der Waals surface area contributed by atoms with Crippen molar-refractivity contribution in [1.82, 2.24) is 10.2 Å². The molecule has 1 aliphatic heterocycles. The van der Waals surface area contributed by atoms with Crippen LogP contribution < -0.4 is 11.1 Å². The summed E-state index contributed by atoms with van der Waals surface area (Å²) in [6.07, 6.45) is 2.52. The maximum absolute atomic E-state index is 11.9. The zero-order valence-electron chi connectivity index (χ0n) is 11.2. The van der Waals surface area contributed by atoms with Crippen LogP contribution in [0.2, 0.25) is 0 Å². The van der Waals surface area contributed by atoms with Crippen molar-refractivity contribution < 1.29 is 19.1 Å². The summed E-state index contributed by atoms with van der Waals surface area (Å²) in [7, 11) is 0. The SMILES string of the molecule is CCOC(=O)N(CCN)C(=O)NC=C1CCOCC1. The van der Waals surface area contributed by atoms with E-state index in [9.17, 15) is 9.59 Å². The summed E-state index contributed by atoms with van der Waals surface area (Å²) in [5.74, 6) is 0. The first-order valence-corrected chi connectivity index (χ1v) is 6.39. The zero-order valence-corrected chi connectivity index (χ0v) is 11.2. The van der Waals surface area contributed by atoms with Gasteiger partial charge in [0.2, 0.25) is 0 Å². The second-order valence-corrected chi connectivity index (χ2v) is 4.00. The molecule has 0 spiro atoms. The van der Waals surface area contributed by atoms with Gasteiger partial charge >= 0.3 is 12.1 Å². The van der Waals surface area contributed by atoms with Gasteiger partial charge in [-0.25, -0.2) is 14.5 Å². The van der Waals surface area contributed by atoms with E-state index in [1.54, 1.807) is 13.1 Å². The van der Waals surface area contributed by atoms with E-state index in [4.69, 9.17) is 15.2 Å². The average molecular weight is 271 g/mol. The molecule has 1 aliphatic rings. The Morgan fingerprint density at radius 3 is 2.74 bits per heavy atom. The van der Waals surface area contributed by atoms with Gasteiger partial charge in [-0.3, -0.25) is 0 Å². The smallest absolute Gasteiger partial charge is 0.418 e. The summed E-state index contributed by atoms with van der Waals surface area (Å²) >= 11 is 0. The van der Waals surface area contributed by atoms with Crippen molar-refractivity contribution in [1.29, 1.82) is 0 Å². The molecule has 0 atom stereocenters. The third kappa shape index (κ3) is 5.27. The number of rotatable bonds is 4. The van der Waals surface area contributed by atoms with E-state index in [0.29, 0.717) is 13.2 Å². The maximum Gasteiger partial charge on any atom is 0.418 e. The third-order valence-corrected chi connectivity index (χ3v) is 2.62. The highest BCUT2D eigenvalue weighted by Crippen LogP contribution is 2.11. The first kappa shape index (κ1) is 15.5. The lowest BCUT2D eigenvalue weighted by atomic mass is 10.1. The van der Waals surface area contributed by atoms with Crippen molar-refractivity contribution in [3.63, 3.8) is 0 Å². The molecule has 1 fully saturated rings. The lowest BCUT2D eigenvalue weighted by Gasteiger charge is -2.20. The Morgan fingerprint density at radius 1 is 1.47 bits per heavy atom. The molecule has 7 heteroatoms. The predicted molar refractivity (Wildman–Crippen MR) is 69.5 cm³/mol. The summed E-state index contributed by atoms with van der Waals surface area (Å²) in [6, 6.07) is -0.525. The van der Waals surface area contributed by atoms with E-state index < -0.39 is 12.1 Å². The first-order valence-electron chi connectivity index (χ1n) is 6.39. The number of nitrogens with one attached hydrogen (secondary N) is 1. The maximum atomic E-state index is 11.9. The van der Waals surface area contributed by atoms with E-state index in [1.807, 2.05) is 0 Å². The fourth-order valence-electron chi connectivity index (χ4n) is 1.63. The largest absolute Gasteiger partial charge is 0.449 e. The molecule has 0 radical (unpaired) electrons. The lowest BCUT2D eigenvalue weighted by molar-refractivity contribution is 0.114. The molecule has 0 saturated carbocycles. The second kappa shape index (κ2) is 8.49. The van der Waals surface area contributed by atoms with Crippen LogP contribution >= 0.6 is 0 Å². The number of carbonyl (C=O) groups is 2. The molecular weight excluding hydrogens is 250 g/mol. The van der Waals surface area contributed by atoms with Gasteiger partial charge in [0.25, 0.3) is 0 Å². The summed E-state index contributed by atoms with van der Waals surface area (Å²) in [5.41, 5.74) is 6.47. The van der Waals surface area contributed by atoms with Crippen molar-refractivity contribution in [2.24, 2.45) is 5.73 Å². The molecular formula is C12H21N3O4. The van der Waals surface area contributed by atoms with Crippen LogP contribution in [-0.4, -0.2) is 49.9 Å². The van der Waals surface area contributed by atoms with E-state index >= 15 is 0 Å². The number of carbonyl (C=O) groups excluding carboxylic acids is 2. The number of hydrogen-bond donors (Lipinski definition) is 2. The molecule has 0 bridgehead atoms. The molecule has 1 heterocycles. The lowest BCUT2D eigenvalue weighted by Crippen LogP contribution is -2.45. The van der Waals surface area contributed by atoms with Crippen LogP contribution in [0.4, 0.5) is 9.59 Å². The molecule has 108 valence electrons. The number of urea groups is 1. The number of amides is 3. The normalized spacial score (nSPS) is 14.7. The molecule has 0 aromatic rings. The van der Waals surface area contributed by atoms with Crippen molar-refractivity contribution in [2.45, 2.75) is 19.8 Å². The highest BCUT2D eigenvalue weighted by molar-refractivity contribution is 5.91. The minimum absolute atomic E-state index is 0.122. The summed E-state index contributed by atoms with van der Waals surface area (Å²) in [5, 5.41) is 2.59. The van der Waals surface area contributed by atoms with E-state index in [0.717, 1.165) is 23.3 Å². The molecule has 0 aromatic heterocycles. The number of nitrogens with zero attached hydrogens (tertiary/aromatic N) is 1. The Kier molecular flexibility index (Phi) is 6.91. The Hall–Kier alpha value is -1.60. The van der Waals surface area contributed by atoms with Crippen LogP contribution in [0.5, 0.6) is 0 Å². The Bertz CT molecular complexity index is 336. The van der Waals surface area contributed by atoms with Crippen LogP contribution in [0, 0.1) is 0 Å². The van der Waals surface area contributed by atoms with Gasteiger partial charge in [0.05, 0.1) is 19.8 Å². The number of ether oxygens (including phenoxy) is 2. The molecule has 0 aliphatic carbocycles. The predicted octanol–water partition coefficient (Wildman–Crippen LogP) is 0.807. The quantitative estimate of drug-likeness (QED) is 0.789. The van der Waals surface area contributed by atoms with Gasteiger partial charge in [-0.2, -0.15) is 0 Å². The van der Waals surface area contributed by atoms with Gasteiger partial charge in [0, 0.05) is 19.3 Å². The zero-order chi connectivity index (χ0) is 14.1. The molecule has 3 amide bonds. The topological polar surface area (TPSA) is 93.9 Å². The molecule has 0 unspecified atom stereocenters. The van der Waals surface area contributed by atoms with E-state index in [2.05, 4.69) is 5.32 Å². The van der Waals surface area contributed by atoms with Crippen LogP contribution in [0.3, 0.4) is 0 Å². The van der Waals surface area contributed by atoms with Crippen molar-refractivity contribution in [3.8, 4) is 0 Å². The molecule has 0 aromatic carbocycles. The highest BCUT2D eigenvalue weighted by Gasteiger charge is 2.21. The Labute approximate surface area is 112 Å². The van der Waals surface area contributed by atoms with Crippen LogP contribution in [-0.2, 0) is 9.47 Å². The molecule has 3 N–H and O–H groups in total. The summed E-state index contributed by atoms with van der Waals surface area (Å²) in [4.78, 5) is 24.4. The molecule has 1 rings (SSSR count). The van der Waals surface area contributed by atoms with Gasteiger partial charge < -0.3 is 20.5 Å². The van der Waals surface area contributed by atoms with Crippen LogP contribution in [0.1, 0.15) is 19.8 Å². The minimum Gasteiger partial charge on any atom is -0.449 e. The number of imide groups is 1. The molecule has 1 saturated heterocycles. The standard InChI is InChI=1S/C12H21N3O4/c1-2-19-12(17)15(6-5-13)11(16)14-9-10-3-7-18-8-4-10/h9H,2-8,13H2,1H3,(H,14,16). The summed E-state index contributed by atoms with van der Waals surface area (Å²) < 4.78 is 10.0. The van der Waals surface area contributed by atoms with Gasteiger partial charge in [0.1, 0.15) is 0 Å². The third-order valence-electron chi connectivity index (χ3n) is 2.62. The van der Waals surface area contributed by atoms with Gasteiger partial charge in [-0.05, 0) is 25.3 Å². The first-order chi connectivity index (χ1) is 9.19. The average Bonchev–Trinajstić information content (AvgIpc) is 2.43. The molecule has 19 heavy (non-hydrogen) atoms. The van der Waals surface area contributed by atoms with Gasteiger partial charge in [-0.1, -0.05) is 0 Å². The molecule has 7 nitrogen and oxygen atoms in total. The van der Waals surface area contributed by atoms with E-state index in [-0.39, 0.29) is 19.7 Å². The fraction of sp³-hybridized carbons (Fsp3) is 0.667. The number of hydrogen-bond acceptors (Lipinski definition) is 5. The van der Waals surface area contributed by atoms with Gasteiger partial charge in [0.15, 0.2) is 0 Å². The van der Waals surface area contributed by atoms with Gasteiger partial charge in [-0.15, -0.1) is 0 Å². The number of nitrogens with two attached hydrogens (primary N) is 1. The Balaban J connectivity index is 2.53. The van der Waals surface area contributed by atoms with Crippen molar-refractivity contribution in [3.05, 3.63) is 11.8 Å². The van der Waals surface area contributed by atoms with Crippen molar-refractivity contribution >= 4 is 12.1 Å². The van der Waals surface area contributed by atoms with Crippen molar-refractivity contribution in [2.75, 3.05) is 32.9 Å². The monoisotopic (exact) mass is 271 g/mol. The second-order valence-electron chi connectivity index (χ2n) is 4.00. The summed E-state index contributed by atoms with van der Waals surface area (Å²) in [6.45, 7) is 3.53. The fourth-order valence-corrected chi connectivity index (χ4v) is 1.63. The van der Waals surface area contributed by atoms with Crippen LogP contribution in [0.25, 0.3) is 0 Å². The minimum atomic E-state index is -0.684.